The molecule has 3 saturated carbocycles. The van der Waals surface area contributed by atoms with Gasteiger partial charge in [0.05, 0.1) is 6.10 Å². The third kappa shape index (κ3) is 2.72. The number of ketones is 1. The second-order valence-electron chi connectivity index (χ2n) is 10.2. The molecule has 0 radical (unpaired) electrons. The van der Waals surface area contributed by atoms with E-state index in [1.165, 1.54) is 12.5 Å². The number of rotatable bonds is 3. The highest BCUT2D eigenvalue weighted by molar-refractivity contribution is 5.90. The molecular formula is C23H34O5. The van der Waals surface area contributed by atoms with Gasteiger partial charge in [-0.2, -0.15) is 0 Å². The average Bonchev–Trinajstić information content (AvgIpc) is 2.92. The predicted molar refractivity (Wildman–Crippen MR) is 104 cm³/mol. The monoisotopic (exact) mass is 390 g/mol. The molecule has 0 bridgehead atoms. The number of aliphatic hydroxyl groups excluding tert-OH is 1. The fraction of sp³-hybridized carbons (Fsp3) is 0.826. The number of aliphatic hydroxyl groups is 2. The summed E-state index contributed by atoms with van der Waals surface area (Å²) in [7, 11) is 0. The topological polar surface area (TPSA) is 83.8 Å². The van der Waals surface area contributed by atoms with E-state index in [0.717, 1.165) is 44.9 Å². The lowest BCUT2D eigenvalue weighted by molar-refractivity contribution is -0.168. The summed E-state index contributed by atoms with van der Waals surface area (Å²) < 4.78 is 4.93. The molecule has 4 aliphatic rings. The van der Waals surface area contributed by atoms with E-state index in [0.29, 0.717) is 24.2 Å². The first kappa shape index (κ1) is 20.1. The van der Waals surface area contributed by atoms with Crippen molar-refractivity contribution in [1.29, 1.82) is 0 Å². The lowest BCUT2D eigenvalue weighted by Gasteiger charge is -2.58. The van der Waals surface area contributed by atoms with Crippen molar-refractivity contribution in [3.05, 3.63) is 11.6 Å². The van der Waals surface area contributed by atoms with Gasteiger partial charge < -0.3 is 14.9 Å². The number of Topliss-reactive ketones (excluding diaryl/α,β-unsaturated/α-hetero) is 1. The van der Waals surface area contributed by atoms with E-state index >= 15 is 0 Å². The highest BCUT2D eigenvalue weighted by atomic mass is 16.5. The summed E-state index contributed by atoms with van der Waals surface area (Å²) in [4.78, 5) is 24.0. The number of carbonyl (C=O) groups excluding carboxylic acids is 2. The van der Waals surface area contributed by atoms with Crippen molar-refractivity contribution in [3.8, 4) is 0 Å². The molecule has 3 fully saturated rings. The van der Waals surface area contributed by atoms with Crippen molar-refractivity contribution in [2.75, 3.05) is 6.61 Å². The molecule has 0 saturated heterocycles. The molecule has 0 heterocycles. The minimum absolute atomic E-state index is 0.145. The maximum absolute atomic E-state index is 12.9. The number of hydrogen-bond acceptors (Lipinski definition) is 5. The normalized spacial score (nSPS) is 47.4. The van der Waals surface area contributed by atoms with Crippen molar-refractivity contribution >= 4 is 11.8 Å². The first-order chi connectivity index (χ1) is 13.1. The second kappa shape index (κ2) is 6.66. The van der Waals surface area contributed by atoms with E-state index < -0.39 is 17.0 Å². The highest BCUT2D eigenvalue weighted by Gasteiger charge is 2.66. The molecular weight excluding hydrogens is 356 g/mol. The van der Waals surface area contributed by atoms with E-state index in [2.05, 4.69) is 19.9 Å². The second-order valence-corrected chi connectivity index (χ2v) is 10.2. The van der Waals surface area contributed by atoms with Gasteiger partial charge in [0.25, 0.3) is 0 Å². The smallest absolute Gasteiger partial charge is 0.303 e. The summed E-state index contributed by atoms with van der Waals surface area (Å²) in [6, 6.07) is 0. The van der Waals surface area contributed by atoms with Crippen molar-refractivity contribution in [2.24, 2.45) is 28.6 Å². The fourth-order valence-corrected chi connectivity index (χ4v) is 7.40. The van der Waals surface area contributed by atoms with Gasteiger partial charge in [-0.05, 0) is 74.5 Å². The van der Waals surface area contributed by atoms with Crippen molar-refractivity contribution < 1.29 is 24.5 Å². The summed E-state index contributed by atoms with van der Waals surface area (Å²) in [5.74, 6) is 0.504. The molecule has 5 nitrogen and oxygen atoms in total. The van der Waals surface area contributed by atoms with E-state index in [1.807, 2.05) is 0 Å². The maximum Gasteiger partial charge on any atom is 0.303 e. The van der Waals surface area contributed by atoms with Gasteiger partial charge in [0.1, 0.15) is 5.60 Å². The van der Waals surface area contributed by atoms with Gasteiger partial charge in [-0.25, -0.2) is 0 Å². The Bertz CT molecular complexity index is 714. The molecule has 4 rings (SSSR count). The lowest BCUT2D eigenvalue weighted by Crippen LogP contribution is -2.58. The van der Waals surface area contributed by atoms with Crippen LogP contribution in [0.4, 0.5) is 0 Å². The Kier molecular flexibility index (Phi) is 4.78. The summed E-state index contributed by atoms with van der Waals surface area (Å²) >= 11 is 0. The van der Waals surface area contributed by atoms with Crippen LogP contribution in [0.1, 0.15) is 72.1 Å². The Morgan fingerprint density at radius 1 is 1.14 bits per heavy atom. The van der Waals surface area contributed by atoms with Crippen LogP contribution in [0.5, 0.6) is 0 Å². The molecule has 0 spiro atoms. The summed E-state index contributed by atoms with van der Waals surface area (Å²) in [5.41, 5.74) is -0.283. The van der Waals surface area contributed by atoms with E-state index in [9.17, 15) is 19.8 Å². The Hall–Kier alpha value is -1.20. The third-order valence-corrected chi connectivity index (χ3v) is 9.10. The summed E-state index contributed by atoms with van der Waals surface area (Å²) in [5, 5.41) is 21.6. The molecule has 2 N–H and O–H groups in total. The fourth-order valence-electron chi connectivity index (χ4n) is 7.40. The molecule has 7 atom stereocenters. The van der Waals surface area contributed by atoms with Crippen LogP contribution < -0.4 is 0 Å². The minimum Gasteiger partial charge on any atom is -0.458 e. The molecule has 0 aromatic heterocycles. The predicted octanol–water partition coefficient (Wildman–Crippen LogP) is 3.17. The molecule has 0 aliphatic heterocycles. The molecule has 4 aliphatic carbocycles. The van der Waals surface area contributed by atoms with Crippen LogP contribution in [0.2, 0.25) is 0 Å². The van der Waals surface area contributed by atoms with Crippen LogP contribution in [0.25, 0.3) is 0 Å². The number of allylic oxidation sites excluding steroid dienone is 1. The number of carbonyl (C=O) groups is 2. The number of esters is 1. The highest BCUT2D eigenvalue weighted by Crippen LogP contribution is 2.67. The van der Waals surface area contributed by atoms with Crippen molar-refractivity contribution in [3.63, 3.8) is 0 Å². The van der Waals surface area contributed by atoms with Gasteiger partial charge >= 0.3 is 5.97 Å². The number of fused-ring (bicyclic) bond motifs is 5. The standard InChI is InChI=1S/C23H34O5/c1-14(24)28-13-20(26)23(27)11-8-19-17-5-4-15-12-16(25)6-9-21(15,2)18(17)7-10-22(19,23)3/h4,16-19,25,27H,5-13H2,1-3H3/t16-,17-,18+,19+,21-,22-,23+/m0/s1. The Balaban J connectivity index is 1.60. The van der Waals surface area contributed by atoms with Gasteiger partial charge in [0.2, 0.25) is 5.78 Å². The van der Waals surface area contributed by atoms with Crippen LogP contribution in [0, 0.1) is 28.6 Å². The first-order valence-electron chi connectivity index (χ1n) is 10.9. The quantitative estimate of drug-likeness (QED) is 0.571. The molecule has 0 aromatic rings. The molecule has 156 valence electrons. The Labute approximate surface area is 167 Å². The maximum atomic E-state index is 12.9. The average molecular weight is 391 g/mol. The lowest BCUT2D eigenvalue weighted by atomic mass is 9.46. The van der Waals surface area contributed by atoms with E-state index in [4.69, 9.17) is 4.74 Å². The number of hydrogen-bond donors (Lipinski definition) is 2. The number of ether oxygens (including phenoxy) is 1. The summed E-state index contributed by atoms with van der Waals surface area (Å²) in [6.45, 7) is 5.41. The van der Waals surface area contributed by atoms with Crippen LogP contribution >= 0.6 is 0 Å². The van der Waals surface area contributed by atoms with E-state index in [-0.39, 0.29) is 23.9 Å². The van der Waals surface area contributed by atoms with Crippen LogP contribution in [-0.2, 0) is 14.3 Å². The first-order valence-corrected chi connectivity index (χ1v) is 10.9. The van der Waals surface area contributed by atoms with Gasteiger partial charge in [-0.15, -0.1) is 0 Å². The minimum atomic E-state index is -1.40. The van der Waals surface area contributed by atoms with Crippen molar-refractivity contribution in [2.45, 2.75) is 83.8 Å². The Morgan fingerprint density at radius 2 is 1.86 bits per heavy atom. The molecule has 0 unspecified atom stereocenters. The van der Waals surface area contributed by atoms with Crippen LogP contribution in [-0.4, -0.2) is 40.3 Å². The molecule has 0 amide bonds. The Morgan fingerprint density at radius 3 is 2.57 bits per heavy atom. The van der Waals surface area contributed by atoms with Crippen molar-refractivity contribution in [1.82, 2.24) is 0 Å². The van der Waals surface area contributed by atoms with Gasteiger partial charge in [0.15, 0.2) is 6.61 Å². The van der Waals surface area contributed by atoms with Gasteiger partial charge in [0, 0.05) is 12.3 Å². The van der Waals surface area contributed by atoms with Gasteiger partial charge in [-0.1, -0.05) is 25.5 Å². The van der Waals surface area contributed by atoms with E-state index in [1.54, 1.807) is 0 Å². The largest absolute Gasteiger partial charge is 0.458 e. The summed E-state index contributed by atoms with van der Waals surface area (Å²) in [6.07, 6.45) is 8.96. The SMILES string of the molecule is CC(=O)OCC(=O)[C@]1(O)CC[C@@H]2[C@H]3CC=C4C[C@@H](O)CC[C@]4(C)[C@@H]3CC[C@@]21C. The third-order valence-electron chi connectivity index (χ3n) is 9.10. The van der Waals surface area contributed by atoms with Gasteiger partial charge in [-0.3, -0.25) is 9.59 Å². The molecule has 0 aromatic carbocycles. The van der Waals surface area contributed by atoms with Crippen LogP contribution in [0.15, 0.2) is 11.6 Å². The molecule has 5 heteroatoms. The van der Waals surface area contributed by atoms with Crippen LogP contribution in [0.3, 0.4) is 0 Å². The zero-order chi connectivity index (χ0) is 20.3. The zero-order valence-electron chi connectivity index (χ0n) is 17.4. The molecule has 28 heavy (non-hydrogen) atoms. The zero-order valence-corrected chi connectivity index (χ0v) is 17.4.